The number of hydrogen-bond acceptors (Lipinski definition) is 6. The third-order valence-electron chi connectivity index (χ3n) is 3.24. The number of anilines is 3. The molecule has 1 N–H and O–H groups in total. The maximum atomic E-state index is 12.1. The van der Waals surface area contributed by atoms with E-state index in [2.05, 4.69) is 15.3 Å². The third kappa shape index (κ3) is 4.58. The van der Waals surface area contributed by atoms with Gasteiger partial charge in [-0.15, -0.1) is 0 Å². The number of nitrogens with one attached hydrogen (secondary N) is 1. The summed E-state index contributed by atoms with van der Waals surface area (Å²) in [4.78, 5) is 24.4. The average Bonchev–Trinajstić information content (AvgIpc) is 2.54. The molecule has 0 unspecified atom stereocenters. The van der Waals surface area contributed by atoms with Gasteiger partial charge in [0.2, 0.25) is 5.95 Å². The quantitative estimate of drug-likeness (QED) is 0.873. The lowest BCUT2D eigenvalue weighted by atomic mass is 10.2. The van der Waals surface area contributed by atoms with Crippen LogP contribution in [-0.4, -0.2) is 50.7 Å². The number of carbonyl (C=O) groups excluding carboxylic acids is 1. The highest BCUT2D eigenvalue weighted by atomic mass is 16.5. The van der Waals surface area contributed by atoms with Gasteiger partial charge in [0, 0.05) is 28.2 Å². The number of benzene rings is 1. The molecule has 0 radical (unpaired) electrons. The maximum Gasteiger partial charge on any atom is 0.262 e. The Morgan fingerprint density at radius 2 is 1.79 bits per heavy atom. The Balaban J connectivity index is 2.03. The summed E-state index contributed by atoms with van der Waals surface area (Å²) < 4.78 is 5.48. The summed E-state index contributed by atoms with van der Waals surface area (Å²) in [6.07, 6.45) is 1.60. The van der Waals surface area contributed by atoms with Crippen molar-refractivity contribution in [3.63, 3.8) is 0 Å². The first-order valence-corrected chi connectivity index (χ1v) is 7.58. The van der Waals surface area contributed by atoms with Crippen LogP contribution < -0.4 is 19.9 Å². The van der Waals surface area contributed by atoms with E-state index in [1.54, 1.807) is 11.1 Å². The minimum absolute atomic E-state index is 0.0780. The van der Waals surface area contributed by atoms with E-state index in [1.165, 1.54) is 0 Å². The van der Waals surface area contributed by atoms with Crippen LogP contribution in [0.4, 0.5) is 17.5 Å². The first-order valence-electron chi connectivity index (χ1n) is 7.58. The van der Waals surface area contributed by atoms with Crippen molar-refractivity contribution in [3.8, 4) is 5.75 Å². The fraction of sp³-hybridized carbons (Fsp3) is 0.353. The Hall–Kier alpha value is -2.83. The van der Waals surface area contributed by atoms with Gasteiger partial charge < -0.3 is 19.9 Å². The number of rotatable bonds is 6. The minimum atomic E-state index is -0.264. The summed E-state index contributed by atoms with van der Waals surface area (Å²) in [5.41, 5.74) is 1.68. The van der Waals surface area contributed by atoms with Gasteiger partial charge in [-0.1, -0.05) is 17.7 Å². The Morgan fingerprint density at radius 3 is 2.38 bits per heavy atom. The summed E-state index contributed by atoms with van der Waals surface area (Å²) >= 11 is 0. The minimum Gasteiger partial charge on any atom is -0.484 e. The van der Waals surface area contributed by atoms with Crippen LogP contribution in [0.1, 0.15) is 5.56 Å². The average molecular weight is 329 g/mol. The number of carbonyl (C=O) groups is 1. The number of nitrogens with zero attached hydrogens (tertiary/aromatic N) is 4. The fourth-order valence-electron chi connectivity index (χ4n) is 1.98. The molecule has 7 heteroatoms. The standard InChI is InChI=1S/C17H23N5O2/c1-12-6-8-13(9-7-12)24-11-15(23)19-14-10-18-17(22(4)5)20-16(14)21(2)3/h6-10H,11H2,1-5H3,(H,19,23). The summed E-state index contributed by atoms with van der Waals surface area (Å²) in [6, 6.07) is 7.54. The van der Waals surface area contributed by atoms with Gasteiger partial charge >= 0.3 is 0 Å². The lowest BCUT2D eigenvalue weighted by molar-refractivity contribution is -0.118. The van der Waals surface area contributed by atoms with Crippen LogP contribution in [0.5, 0.6) is 5.75 Å². The van der Waals surface area contributed by atoms with Gasteiger partial charge in [-0.25, -0.2) is 4.98 Å². The molecule has 1 heterocycles. The highest BCUT2D eigenvalue weighted by molar-refractivity contribution is 5.94. The molecule has 1 aromatic carbocycles. The van der Waals surface area contributed by atoms with Crippen molar-refractivity contribution in [2.24, 2.45) is 0 Å². The Morgan fingerprint density at radius 1 is 1.12 bits per heavy atom. The van der Waals surface area contributed by atoms with Crippen LogP contribution in [0.15, 0.2) is 30.5 Å². The molecular formula is C17H23N5O2. The normalized spacial score (nSPS) is 10.2. The van der Waals surface area contributed by atoms with Gasteiger partial charge in [0.05, 0.1) is 6.20 Å². The number of ether oxygens (including phenoxy) is 1. The highest BCUT2D eigenvalue weighted by Gasteiger charge is 2.13. The van der Waals surface area contributed by atoms with Crippen LogP contribution in [0.3, 0.4) is 0 Å². The smallest absolute Gasteiger partial charge is 0.262 e. The molecular weight excluding hydrogens is 306 g/mol. The zero-order chi connectivity index (χ0) is 17.7. The van der Waals surface area contributed by atoms with Crippen molar-refractivity contribution in [2.75, 3.05) is 49.9 Å². The fourth-order valence-corrected chi connectivity index (χ4v) is 1.98. The van der Waals surface area contributed by atoms with E-state index in [4.69, 9.17) is 4.74 Å². The van der Waals surface area contributed by atoms with Crippen LogP contribution in [0.2, 0.25) is 0 Å². The second kappa shape index (κ2) is 7.63. The molecule has 0 saturated carbocycles. The second-order valence-corrected chi connectivity index (χ2v) is 5.85. The van der Waals surface area contributed by atoms with Crippen LogP contribution >= 0.6 is 0 Å². The van der Waals surface area contributed by atoms with E-state index in [1.807, 2.05) is 64.3 Å². The Labute approximate surface area is 142 Å². The van der Waals surface area contributed by atoms with Gasteiger partial charge in [0.25, 0.3) is 5.91 Å². The van der Waals surface area contributed by atoms with E-state index in [0.717, 1.165) is 5.56 Å². The molecule has 1 aromatic heterocycles. The predicted octanol–water partition coefficient (Wildman–Crippen LogP) is 1.93. The van der Waals surface area contributed by atoms with E-state index >= 15 is 0 Å². The van der Waals surface area contributed by atoms with Crippen molar-refractivity contribution < 1.29 is 9.53 Å². The largest absolute Gasteiger partial charge is 0.484 e. The maximum absolute atomic E-state index is 12.1. The zero-order valence-electron chi connectivity index (χ0n) is 14.7. The Kier molecular flexibility index (Phi) is 5.57. The van der Waals surface area contributed by atoms with E-state index in [0.29, 0.717) is 23.2 Å². The van der Waals surface area contributed by atoms with Crippen LogP contribution in [0.25, 0.3) is 0 Å². The summed E-state index contributed by atoms with van der Waals surface area (Å²) in [5.74, 6) is 1.60. The van der Waals surface area contributed by atoms with Crippen molar-refractivity contribution in [3.05, 3.63) is 36.0 Å². The predicted molar refractivity (Wildman–Crippen MR) is 96.0 cm³/mol. The van der Waals surface area contributed by atoms with Gasteiger partial charge in [-0.2, -0.15) is 4.98 Å². The van der Waals surface area contributed by atoms with Gasteiger partial charge in [0.15, 0.2) is 12.4 Å². The number of amides is 1. The first kappa shape index (κ1) is 17.5. The van der Waals surface area contributed by atoms with E-state index in [9.17, 15) is 4.79 Å². The van der Waals surface area contributed by atoms with Crippen LogP contribution in [-0.2, 0) is 4.79 Å². The van der Waals surface area contributed by atoms with Crippen molar-refractivity contribution >= 4 is 23.4 Å². The molecule has 0 atom stereocenters. The monoisotopic (exact) mass is 329 g/mol. The van der Waals surface area contributed by atoms with Gasteiger partial charge in [0.1, 0.15) is 11.4 Å². The molecule has 2 aromatic rings. The van der Waals surface area contributed by atoms with E-state index in [-0.39, 0.29) is 12.5 Å². The second-order valence-electron chi connectivity index (χ2n) is 5.85. The summed E-state index contributed by atoms with van der Waals surface area (Å²) in [6.45, 7) is 1.92. The molecule has 0 bridgehead atoms. The van der Waals surface area contributed by atoms with Crippen molar-refractivity contribution in [1.82, 2.24) is 9.97 Å². The number of aromatic nitrogens is 2. The first-order chi connectivity index (χ1) is 11.4. The molecule has 1 amide bonds. The van der Waals surface area contributed by atoms with Gasteiger partial charge in [-0.05, 0) is 19.1 Å². The molecule has 2 rings (SSSR count). The summed E-state index contributed by atoms with van der Waals surface area (Å²) in [5, 5.41) is 2.79. The summed E-state index contributed by atoms with van der Waals surface area (Å²) in [7, 11) is 7.45. The molecule has 128 valence electrons. The lowest BCUT2D eigenvalue weighted by Gasteiger charge is -2.19. The third-order valence-corrected chi connectivity index (χ3v) is 3.24. The molecule has 0 aliphatic rings. The van der Waals surface area contributed by atoms with Crippen LogP contribution in [0, 0.1) is 6.92 Å². The highest BCUT2D eigenvalue weighted by Crippen LogP contribution is 2.23. The van der Waals surface area contributed by atoms with Gasteiger partial charge in [-0.3, -0.25) is 4.79 Å². The molecule has 7 nitrogen and oxygen atoms in total. The molecule has 0 aliphatic carbocycles. The van der Waals surface area contributed by atoms with Crippen molar-refractivity contribution in [2.45, 2.75) is 6.92 Å². The zero-order valence-corrected chi connectivity index (χ0v) is 14.7. The van der Waals surface area contributed by atoms with Crippen molar-refractivity contribution in [1.29, 1.82) is 0 Å². The molecule has 0 aliphatic heterocycles. The molecule has 24 heavy (non-hydrogen) atoms. The van der Waals surface area contributed by atoms with E-state index < -0.39 is 0 Å². The molecule has 0 fully saturated rings. The lowest BCUT2D eigenvalue weighted by Crippen LogP contribution is -2.24. The number of hydrogen-bond donors (Lipinski definition) is 1. The SMILES string of the molecule is Cc1ccc(OCC(=O)Nc2cnc(N(C)C)nc2N(C)C)cc1. The topological polar surface area (TPSA) is 70.6 Å². The number of aryl methyl sites for hydroxylation is 1. The Bertz CT molecular complexity index is 699. The molecule has 0 saturated heterocycles. The molecule has 0 spiro atoms.